The summed E-state index contributed by atoms with van der Waals surface area (Å²) in [5.41, 5.74) is 21.6. The molecule has 0 aliphatic carbocycles. The molecule has 1 heterocycles. The van der Waals surface area contributed by atoms with E-state index in [9.17, 15) is 0 Å². The highest BCUT2D eigenvalue weighted by Gasteiger charge is 1.92. The van der Waals surface area contributed by atoms with Crippen molar-refractivity contribution in [3.8, 4) is 0 Å². The largest absolute Gasteiger partial charge is 0.369 e. The molecule has 94 valence electrons. The third-order valence-corrected chi connectivity index (χ3v) is 1.52. The maximum absolute atomic E-state index is 5.11. The number of aromatic nitrogens is 1. The minimum absolute atomic E-state index is 0.128. The number of nitrogens with two attached hydrogens (primary N) is 4. The fraction of sp³-hybridized carbons (Fsp3) is 0. The van der Waals surface area contributed by atoms with E-state index in [1.54, 1.807) is 18.2 Å². The number of pyridine rings is 1. The Labute approximate surface area is 103 Å². The fourth-order valence-corrected chi connectivity index (χ4v) is 0.922. The van der Waals surface area contributed by atoms with Crippen molar-refractivity contribution < 1.29 is 0 Å². The first-order valence-electron chi connectivity index (χ1n) is 4.79. The highest BCUT2D eigenvalue weighted by Crippen LogP contribution is 1.95. The molecule has 0 saturated carbocycles. The van der Waals surface area contributed by atoms with Crippen LogP contribution in [0.15, 0.2) is 38.6 Å². The molecule has 18 heavy (non-hydrogen) atoms. The van der Waals surface area contributed by atoms with Crippen molar-refractivity contribution >= 4 is 24.3 Å². The van der Waals surface area contributed by atoms with Crippen LogP contribution in [0.3, 0.4) is 0 Å². The maximum Gasteiger partial charge on any atom is 0.211 e. The third kappa shape index (κ3) is 5.21. The first-order chi connectivity index (χ1) is 8.58. The molecule has 0 amide bonds. The molecular formula is C9H13N9. The Kier molecular flexibility index (Phi) is 4.79. The molecule has 0 aromatic carbocycles. The monoisotopic (exact) mass is 247 g/mol. The fourth-order valence-electron chi connectivity index (χ4n) is 0.922. The van der Waals surface area contributed by atoms with Gasteiger partial charge in [-0.2, -0.15) is 10.2 Å². The van der Waals surface area contributed by atoms with E-state index < -0.39 is 0 Å². The molecular weight excluding hydrogens is 234 g/mol. The van der Waals surface area contributed by atoms with Crippen LogP contribution in [-0.2, 0) is 0 Å². The Morgan fingerprint density at radius 2 is 1.33 bits per heavy atom. The lowest BCUT2D eigenvalue weighted by atomic mass is 10.3. The SMILES string of the molecule is NC(N)=NN=Cc1cccc(C=NN=C(N)N)n1. The topological polar surface area (TPSA) is 166 Å². The van der Waals surface area contributed by atoms with Crippen LogP contribution in [0.1, 0.15) is 11.4 Å². The van der Waals surface area contributed by atoms with Crippen molar-refractivity contribution in [2.24, 2.45) is 43.3 Å². The zero-order chi connectivity index (χ0) is 13.4. The van der Waals surface area contributed by atoms with Crippen LogP contribution in [0.4, 0.5) is 0 Å². The van der Waals surface area contributed by atoms with Crippen molar-refractivity contribution in [2.45, 2.75) is 0 Å². The van der Waals surface area contributed by atoms with Gasteiger partial charge in [0.2, 0.25) is 11.9 Å². The summed E-state index contributed by atoms with van der Waals surface area (Å²) in [6.07, 6.45) is 2.80. The molecule has 8 N–H and O–H groups in total. The van der Waals surface area contributed by atoms with Crippen LogP contribution < -0.4 is 22.9 Å². The Hall–Kier alpha value is -2.97. The zero-order valence-corrected chi connectivity index (χ0v) is 9.43. The number of nitrogens with zero attached hydrogens (tertiary/aromatic N) is 5. The number of hydrogen-bond donors (Lipinski definition) is 4. The van der Waals surface area contributed by atoms with Crippen LogP contribution >= 0.6 is 0 Å². The molecule has 0 atom stereocenters. The molecule has 1 aromatic rings. The van der Waals surface area contributed by atoms with Crippen molar-refractivity contribution in [2.75, 3.05) is 0 Å². The Balaban J connectivity index is 2.80. The van der Waals surface area contributed by atoms with Crippen molar-refractivity contribution in [3.63, 3.8) is 0 Å². The second kappa shape index (κ2) is 6.58. The van der Waals surface area contributed by atoms with Gasteiger partial charge in [-0.25, -0.2) is 4.98 Å². The Bertz CT molecular complexity index is 463. The zero-order valence-electron chi connectivity index (χ0n) is 9.43. The summed E-state index contributed by atoms with van der Waals surface area (Å²) in [5.74, 6) is -0.256. The molecule has 1 aromatic heterocycles. The van der Waals surface area contributed by atoms with E-state index in [0.717, 1.165) is 0 Å². The summed E-state index contributed by atoms with van der Waals surface area (Å²) < 4.78 is 0. The number of guanidine groups is 2. The van der Waals surface area contributed by atoms with E-state index in [4.69, 9.17) is 22.9 Å². The molecule has 9 nitrogen and oxygen atoms in total. The number of rotatable bonds is 4. The normalized spacial score (nSPS) is 10.7. The van der Waals surface area contributed by atoms with E-state index in [2.05, 4.69) is 25.4 Å². The quantitative estimate of drug-likeness (QED) is 0.282. The summed E-state index contributed by atoms with van der Waals surface area (Å²) in [7, 11) is 0. The van der Waals surface area contributed by atoms with E-state index >= 15 is 0 Å². The van der Waals surface area contributed by atoms with Gasteiger partial charge < -0.3 is 22.9 Å². The van der Waals surface area contributed by atoms with Crippen molar-refractivity contribution in [1.29, 1.82) is 0 Å². The van der Waals surface area contributed by atoms with Gasteiger partial charge >= 0.3 is 0 Å². The predicted octanol–water partition coefficient (Wildman–Crippen LogP) is -1.70. The maximum atomic E-state index is 5.11. The molecule has 0 aliphatic heterocycles. The van der Waals surface area contributed by atoms with Crippen molar-refractivity contribution in [3.05, 3.63) is 29.6 Å². The first-order valence-corrected chi connectivity index (χ1v) is 4.79. The van der Waals surface area contributed by atoms with Gasteiger partial charge in [0.15, 0.2) is 0 Å². The second-order valence-electron chi connectivity index (χ2n) is 3.03. The lowest BCUT2D eigenvalue weighted by molar-refractivity contribution is 1.18. The molecule has 0 unspecified atom stereocenters. The van der Waals surface area contributed by atoms with Gasteiger partial charge in [0.1, 0.15) is 0 Å². The van der Waals surface area contributed by atoms with Gasteiger partial charge in [-0.05, 0) is 12.1 Å². The van der Waals surface area contributed by atoms with E-state index in [1.807, 2.05) is 0 Å². The minimum Gasteiger partial charge on any atom is -0.369 e. The van der Waals surface area contributed by atoms with Gasteiger partial charge in [0, 0.05) is 0 Å². The van der Waals surface area contributed by atoms with E-state index in [-0.39, 0.29) is 11.9 Å². The summed E-state index contributed by atoms with van der Waals surface area (Å²) in [4.78, 5) is 4.17. The highest BCUT2D eigenvalue weighted by atomic mass is 15.3. The molecule has 1 rings (SSSR count). The molecule has 9 heteroatoms. The van der Waals surface area contributed by atoms with Crippen LogP contribution in [0, 0.1) is 0 Å². The molecule has 0 fully saturated rings. The smallest absolute Gasteiger partial charge is 0.211 e. The molecule has 0 radical (unpaired) electrons. The lowest BCUT2D eigenvalue weighted by Gasteiger charge is -1.93. The van der Waals surface area contributed by atoms with Crippen LogP contribution in [-0.4, -0.2) is 29.3 Å². The Morgan fingerprint density at radius 3 is 1.72 bits per heavy atom. The van der Waals surface area contributed by atoms with Crippen LogP contribution in [0.25, 0.3) is 0 Å². The third-order valence-electron chi connectivity index (χ3n) is 1.52. The van der Waals surface area contributed by atoms with Gasteiger partial charge in [0.05, 0.1) is 23.8 Å². The lowest BCUT2D eigenvalue weighted by Crippen LogP contribution is -2.21. The summed E-state index contributed by atoms with van der Waals surface area (Å²) in [6, 6.07) is 5.22. The summed E-state index contributed by atoms with van der Waals surface area (Å²) in [6.45, 7) is 0. The highest BCUT2D eigenvalue weighted by molar-refractivity contribution is 5.83. The molecule has 0 aliphatic rings. The van der Waals surface area contributed by atoms with Gasteiger partial charge in [-0.3, -0.25) is 0 Å². The second-order valence-corrected chi connectivity index (χ2v) is 3.03. The molecule has 0 spiro atoms. The summed E-state index contributed by atoms with van der Waals surface area (Å²) in [5, 5.41) is 14.2. The van der Waals surface area contributed by atoms with Crippen LogP contribution in [0.5, 0.6) is 0 Å². The van der Waals surface area contributed by atoms with Crippen molar-refractivity contribution in [1.82, 2.24) is 4.98 Å². The first kappa shape index (κ1) is 13.1. The van der Waals surface area contributed by atoms with E-state index in [0.29, 0.717) is 11.4 Å². The minimum atomic E-state index is -0.128. The van der Waals surface area contributed by atoms with Gasteiger partial charge in [-0.1, -0.05) is 6.07 Å². The molecule has 0 saturated heterocycles. The van der Waals surface area contributed by atoms with Gasteiger partial charge in [0.25, 0.3) is 0 Å². The number of hydrogen-bond acceptors (Lipinski definition) is 5. The van der Waals surface area contributed by atoms with E-state index in [1.165, 1.54) is 12.4 Å². The van der Waals surface area contributed by atoms with Gasteiger partial charge in [-0.15, -0.1) is 10.2 Å². The molecule has 0 bridgehead atoms. The average Bonchev–Trinajstić information content (AvgIpc) is 2.28. The average molecular weight is 247 g/mol. The van der Waals surface area contributed by atoms with Crippen LogP contribution in [0.2, 0.25) is 0 Å². The standard InChI is InChI=1S/C9H13N9/c10-8(11)17-14-4-6-2-1-3-7(16-6)5-15-18-9(12)13/h1-5H,(H4,10,11,17)(H4,12,13,18). The Morgan fingerprint density at radius 1 is 0.889 bits per heavy atom. The predicted molar refractivity (Wildman–Crippen MR) is 71.0 cm³/mol. The summed E-state index contributed by atoms with van der Waals surface area (Å²) >= 11 is 0.